The maximum atomic E-state index is 12.5. The third kappa shape index (κ3) is 4.24. The van der Waals surface area contributed by atoms with Crippen molar-refractivity contribution in [2.75, 3.05) is 0 Å². The molecule has 0 aliphatic rings. The molecule has 1 nitrogen and oxygen atoms in total. The molecule has 0 spiro atoms. The molecule has 0 aliphatic carbocycles. The lowest BCUT2D eigenvalue weighted by Crippen LogP contribution is -2.03. The Hall–Kier alpha value is -1.04. The van der Waals surface area contributed by atoms with E-state index in [1.54, 1.807) is 12.1 Å². The SMILES string of the molecule is FC(F)(F)c1ccc(Sc2c(Cl)cc(N=C=S)cc2Cl)cc1. The summed E-state index contributed by atoms with van der Waals surface area (Å²) in [5, 5.41) is 2.87. The number of benzene rings is 2. The fraction of sp³-hybridized carbons (Fsp3) is 0.0714. The van der Waals surface area contributed by atoms with Crippen molar-refractivity contribution < 1.29 is 13.2 Å². The smallest absolute Gasteiger partial charge is 0.195 e. The lowest BCUT2D eigenvalue weighted by Gasteiger charge is -2.09. The van der Waals surface area contributed by atoms with E-state index < -0.39 is 11.7 Å². The zero-order valence-corrected chi connectivity index (χ0v) is 13.8. The zero-order chi connectivity index (χ0) is 16.3. The first-order chi connectivity index (χ1) is 10.3. The average Bonchev–Trinajstić information content (AvgIpc) is 2.43. The second-order valence-electron chi connectivity index (χ2n) is 4.07. The Morgan fingerprint density at radius 1 is 1.05 bits per heavy atom. The molecule has 22 heavy (non-hydrogen) atoms. The van der Waals surface area contributed by atoms with Crippen LogP contribution >= 0.6 is 47.2 Å². The summed E-state index contributed by atoms with van der Waals surface area (Å²) in [5.41, 5.74) is -0.249. The molecule has 0 saturated heterocycles. The second kappa shape index (κ2) is 7.02. The van der Waals surface area contributed by atoms with Gasteiger partial charge in [-0.2, -0.15) is 18.2 Å². The van der Waals surface area contributed by atoms with E-state index in [0.29, 0.717) is 25.5 Å². The molecule has 0 amide bonds. The average molecular weight is 380 g/mol. The molecule has 0 heterocycles. The highest BCUT2D eigenvalue weighted by atomic mass is 35.5. The molecule has 2 aromatic rings. The van der Waals surface area contributed by atoms with E-state index in [2.05, 4.69) is 22.4 Å². The van der Waals surface area contributed by atoms with Crippen LogP contribution in [0.15, 0.2) is 51.2 Å². The molecule has 0 unspecified atom stereocenters. The van der Waals surface area contributed by atoms with Crippen LogP contribution in [0.25, 0.3) is 0 Å². The minimum absolute atomic E-state index is 0.335. The highest BCUT2D eigenvalue weighted by Crippen LogP contribution is 2.41. The van der Waals surface area contributed by atoms with E-state index in [1.807, 2.05) is 0 Å². The zero-order valence-electron chi connectivity index (χ0n) is 10.6. The number of hydrogen-bond donors (Lipinski definition) is 0. The van der Waals surface area contributed by atoms with Gasteiger partial charge in [-0.25, -0.2) is 0 Å². The standard InChI is InChI=1S/C14H6Cl2F3NS2/c15-11-5-9(20-7-21)6-12(16)13(11)22-10-3-1-8(2-4-10)14(17,18)19/h1-6H. The number of hydrogen-bond acceptors (Lipinski definition) is 3. The second-order valence-corrected chi connectivity index (χ2v) is 6.15. The van der Waals surface area contributed by atoms with Crippen molar-refractivity contribution in [1.82, 2.24) is 0 Å². The molecule has 8 heteroatoms. The molecule has 0 atom stereocenters. The molecule has 0 radical (unpaired) electrons. The quantitative estimate of drug-likeness (QED) is 0.424. The Morgan fingerprint density at radius 2 is 1.59 bits per heavy atom. The summed E-state index contributed by atoms with van der Waals surface area (Å²) in [7, 11) is 0. The van der Waals surface area contributed by atoms with Gasteiger partial charge in [0.2, 0.25) is 0 Å². The fourth-order valence-corrected chi connectivity index (χ4v) is 3.22. The Bertz CT molecular complexity index is 716. The summed E-state index contributed by atoms with van der Waals surface area (Å²) < 4.78 is 37.6. The summed E-state index contributed by atoms with van der Waals surface area (Å²) in [4.78, 5) is 4.90. The molecular weight excluding hydrogens is 374 g/mol. The van der Waals surface area contributed by atoms with Crippen LogP contribution < -0.4 is 0 Å². The highest BCUT2D eigenvalue weighted by molar-refractivity contribution is 7.99. The van der Waals surface area contributed by atoms with Crippen LogP contribution in [0.1, 0.15) is 5.56 Å². The van der Waals surface area contributed by atoms with Gasteiger partial charge >= 0.3 is 6.18 Å². The first-order valence-corrected chi connectivity index (χ1v) is 7.71. The van der Waals surface area contributed by atoms with Gasteiger partial charge in [0.1, 0.15) is 0 Å². The van der Waals surface area contributed by atoms with Crippen molar-refractivity contribution >= 4 is 58.0 Å². The molecule has 0 aliphatic heterocycles. The van der Waals surface area contributed by atoms with E-state index in [1.165, 1.54) is 23.9 Å². The van der Waals surface area contributed by atoms with Crippen molar-refractivity contribution in [3.63, 3.8) is 0 Å². The number of isothiocyanates is 1. The summed E-state index contributed by atoms with van der Waals surface area (Å²) in [5.74, 6) is 0. The molecule has 2 rings (SSSR count). The van der Waals surface area contributed by atoms with Crippen LogP contribution in [0.2, 0.25) is 10.0 Å². The van der Waals surface area contributed by atoms with Crippen molar-refractivity contribution in [2.24, 2.45) is 4.99 Å². The molecule has 0 bridgehead atoms. The van der Waals surface area contributed by atoms with Crippen LogP contribution in [0.3, 0.4) is 0 Å². The van der Waals surface area contributed by atoms with Gasteiger partial charge in [0.05, 0.1) is 26.5 Å². The van der Waals surface area contributed by atoms with E-state index >= 15 is 0 Å². The number of thiocarbonyl (C=S) groups is 1. The molecule has 0 fully saturated rings. The first-order valence-electron chi connectivity index (χ1n) is 5.73. The Morgan fingerprint density at radius 3 is 2.05 bits per heavy atom. The molecular formula is C14H6Cl2F3NS2. The number of alkyl halides is 3. The molecule has 2 aromatic carbocycles. The Balaban J connectivity index is 2.29. The van der Waals surface area contributed by atoms with E-state index in [9.17, 15) is 13.2 Å². The summed E-state index contributed by atoms with van der Waals surface area (Å²) in [6, 6.07) is 7.86. The Labute approximate surface area is 144 Å². The third-order valence-corrected chi connectivity index (χ3v) is 4.62. The van der Waals surface area contributed by atoms with Crippen molar-refractivity contribution in [2.45, 2.75) is 16.0 Å². The molecule has 0 aromatic heterocycles. The molecule has 0 saturated carbocycles. The predicted molar refractivity (Wildman–Crippen MR) is 86.7 cm³/mol. The topological polar surface area (TPSA) is 12.4 Å². The highest BCUT2D eigenvalue weighted by Gasteiger charge is 2.30. The lowest BCUT2D eigenvalue weighted by molar-refractivity contribution is -0.137. The minimum atomic E-state index is -4.36. The van der Waals surface area contributed by atoms with E-state index in [4.69, 9.17) is 23.2 Å². The normalized spacial score (nSPS) is 11.1. The first kappa shape index (κ1) is 17.3. The number of aliphatic imine (C=N–C) groups is 1. The lowest BCUT2D eigenvalue weighted by atomic mass is 10.2. The van der Waals surface area contributed by atoms with Gasteiger partial charge < -0.3 is 0 Å². The molecule has 114 valence electrons. The van der Waals surface area contributed by atoms with Gasteiger partial charge in [0.25, 0.3) is 0 Å². The van der Waals surface area contributed by atoms with Crippen LogP contribution in [0, 0.1) is 0 Å². The van der Waals surface area contributed by atoms with E-state index in [0.717, 1.165) is 12.1 Å². The largest absolute Gasteiger partial charge is 0.416 e. The third-order valence-electron chi connectivity index (χ3n) is 2.56. The van der Waals surface area contributed by atoms with Crippen LogP contribution in [0.5, 0.6) is 0 Å². The maximum absolute atomic E-state index is 12.5. The number of halogens is 5. The van der Waals surface area contributed by atoms with Crippen molar-refractivity contribution in [1.29, 1.82) is 0 Å². The fourth-order valence-electron chi connectivity index (χ4n) is 1.59. The van der Waals surface area contributed by atoms with Crippen molar-refractivity contribution in [3.05, 3.63) is 52.0 Å². The maximum Gasteiger partial charge on any atom is 0.416 e. The van der Waals surface area contributed by atoms with E-state index in [-0.39, 0.29) is 0 Å². The predicted octanol–water partition coefficient (Wildman–Crippen LogP) is 6.90. The monoisotopic (exact) mass is 379 g/mol. The van der Waals surface area contributed by atoms with Crippen LogP contribution in [0.4, 0.5) is 18.9 Å². The van der Waals surface area contributed by atoms with Gasteiger partial charge in [-0.3, -0.25) is 0 Å². The van der Waals surface area contributed by atoms with Crippen LogP contribution in [-0.4, -0.2) is 5.16 Å². The summed E-state index contributed by atoms with van der Waals surface area (Å²) >= 11 is 17.9. The number of rotatable bonds is 3. The minimum Gasteiger partial charge on any atom is -0.195 e. The molecule has 0 N–H and O–H groups in total. The van der Waals surface area contributed by atoms with Gasteiger partial charge in [0, 0.05) is 9.79 Å². The van der Waals surface area contributed by atoms with Gasteiger partial charge in [-0.15, -0.1) is 0 Å². The van der Waals surface area contributed by atoms with Crippen molar-refractivity contribution in [3.8, 4) is 0 Å². The summed E-state index contributed by atoms with van der Waals surface area (Å²) in [6.07, 6.45) is -4.36. The van der Waals surface area contributed by atoms with Gasteiger partial charge in [-0.05, 0) is 48.6 Å². The van der Waals surface area contributed by atoms with Crippen LogP contribution in [-0.2, 0) is 6.18 Å². The summed E-state index contributed by atoms with van der Waals surface area (Å²) in [6.45, 7) is 0. The Kier molecular flexibility index (Phi) is 5.53. The van der Waals surface area contributed by atoms with Gasteiger partial charge in [0.15, 0.2) is 0 Å². The van der Waals surface area contributed by atoms with Gasteiger partial charge in [-0.1, -0.05) is 35.0 Å². The number of nitrogens with zero attached hydrogens (tertiary/aromatic N) is 1.